The lowest BCUT2D eigenvalue weighted by molar-refractivity contribution is -0.131. The summed E-state index contributed by atoms with van der Waals surface area (Å²) in [6.07, 6.45) is 0.609. The lowest BCUT2D eigenvalue weighted by Gasteiger charge is -2.32. The first-order chi connectivity index (χ1) is 12.3. The molecule has 2 aliphatic rings. The van der Waals surface area contributed by atoms with Gasteiger partial charge in [-0.1, -0.05) is 32.0 Å². The Kier molecular flexibility index (Phi) is 5.37. The Hall–Kier alpha value is -1.88. The van der Waals surface area contributed by atoms with Gasteiger partial charge in [-0.2, -0.15) is 0 Å². The molecule has 0 unspecified atom stereocenters. The van der Waals surface area contributed by atoms with Crippen LogP contribution in [-0.2, 0) is 4.79 Å². The molecule has 2 saturated heterocycles. The van der Waals surface area contributed by atoms with Crippen LogP contribution < -0.4 is 0 Å². The van der Waals surface area contributed by atoms with Gasteiger partial charge in [-0.25, -0.2) is 0 Å². The van der Waals surface area contributed by atoms with Crippen molar-refractivity contribution in [3.63, 3.8) is 0 Å². The Bertz CT molecular complexity index is 658. The molecule has 26 heavy (non-hydrogen) atoms. The maximum atomic E-state index is 12.9. The van der Waals surface area contributed by atoms with Crippen LogP contribution in [0.5, 0.6) is 0 Å². The third-order valence-corrected chi connectivity index (χ3v) is 5.63. The summed E-state index contributed by atoms with van der Waals surface area (Å²) in [5.41, 5.74) is 0.737. The number of benzene rings is 1. The van der Waals surface area contributed by atoms with Crippen molar-refractivity contribution in [2.24, 2.45) is 17.3 Å². The van der Waals surface area contributed by atoms with E-state index >= 15 is 0 Å². The molecule has 1 aromatic rings. The summed E-state index contributed by atoms with van der Waals surface area (Å²) in [4.78, 5) is 31.7. The molecular formula is C21H31N3O2. The van der Waals surface area contributed by atoms with Gasteiger partial charge in [0.15, 0.2) is 0 Å². The fraction of sp³-hybridized carbons (Fsp3) is 0.619. The topological polar surface area (TPSA) is 43.9 Å². The number of hydrogen-bond acceptors (Lipinski definition) is 3. The molecule has 0 spiro atoms. The number of hydrogen-bond donors (Lipinski definition) is 0. The van der Waals surface area contributed by atoms with Crippen molar-refractivity contribution in [1.29, 1.82) is 0 Å². The van der Waals surface area contributed by atoms with E-state index in [1.165, 1.54) is 0 Å². The van der Waals surface area contributed by atoms with E-state index in [1.807, 2.05) is 40.1 Å². The van der Waals surface area contributed by atoms with Crippen LogP contribution in [0.2, 0.25) is 0 Å². The Balaban J connectivity index is 1.76. The third-order valence-electron chi connectivity index (χ3n) is 5.63. The SMILES string of the molecule is CC(C)CC(=O)N1C[C@H]2CN(C(=O)c3ccccc3)C[C@@]2(CN(C)C)C1. The lowest BCUT2D eigenvalue weighted by atomic mass is 9.80. The van der Waals surface area contributed by atoms with Crippen LogP contribution in [0, 0.1) is 17.3 Å². The highest BCUT2D eigenvalue weighted by Gasteiger charge is 2.54. The summed E-state index contributed by atoms with van der Waals surface area (Å²) in [6, 6.07) is 9.51. The summed E-state index contributed by atoms with van der Waals surface area (Å²) in [5.74, 6) is 1.10. The van der Waals surface area contributed by atoms with Gasteiger partial charge in [0.2, 0.25) is 5.91 Å². The molecule has 3 rings (SSSR count). The number of carbonyl (C=O) groups excluding carboxylic acids is 2. The molecule has 0 radical (unpaired) electrons. The smallest absolute Gasteiger partial charge is 0.253 e. The van der Waals surface area contributed by atoms with Gasteiger partial charge >= 0.3 is 0 Å². The molecule has 0 aromatic heterocycles. The monoisotopic (exact) mass is 357 g/mol. The normalized spacial score (nSPS) is 25.2. The van der Waals surface area contributed by atoms with E-state index in [0.29, 0.717) is 18.3 Å². The van der Waals surface area contributed by atoms with Gasteiger partial charge in [0, 0.05) is 56.0 Å². The molecule has 0 aliphatic carbocycles. The number of fused-ring (bicyclic) bond motifs is 1. The molecule has 0 bridgehead atoms. The van der Waals surface area contributed by atoms with E-state index in [-0.39, 0.29) is 17.2 Å². The van der Waals surface area contributed by atoms with Crippen LogP contribution in [0.1, 0.15) is 30.6 Å². The first kappa shape index (κ1) is 18.9. The fourth-order valence-electron chi connectivity index (χ4n) is 4.62. The summed E-state index contributed by atoms with van der Waals surface area (Å²) >= 11 is 0. The van der Waals surface area contributed by atoms with Crippen LogP contribution in [-0.4, -0.2) is 73.3 Å². The molecule has 2 aliphatic heterocycles. The number of rotatable bonds is 5. The third kappa shape index (κ3) is 3.78. The highest BCUT2D eigenvalue weighted by molar-refractivity contribution is 5.94. The van der Waals surface area contributed by atoms with Crippen LogP contribution in [0.3, 0.4) is 0 Å². The van der Waals surface area contributed by atoms with E-state index in [0.717, 1.165) is 38.3 Å². The molecule has 142 valence electrons. The molecule has 2 atom stereocenters. The highest BCUT2D eigenvalue weighted by atomic mass is 16.2. The van der Waals surface area contributed by atoms with Crippen molar-refractivity contribution in [2.75, 3.05) is 46.8 Å². The number of carbonyl (C=O) groups is 2. The molecule has 2 fully saturated rings. The average Bonchev–Trinajstić information content (AvgIpc) is 3.07. The van der Waals surface area contributed by atoms with Gasteiger partial charge in [0.1, 0.15) is 0 Å². The minimum atomic E-state index is -0.0133. The predicted molar refractivity (Wildman–Crippen MR) is 103 cm³/mol. The van der Waals surface area contributed by atoms with Gasteiger partial charge in [-0.05, 0) is 32.1 Å². The molecule has 2 amide bonds. The van der Waals surface area contributed by atoms with E-state index in [9.17, 15) is 9.59 Å². The van der Waals surface area contributed by atoms with Crippen LogP contribution >= 0.6 is 0 Å². The average molecular weight is 357 g/mol. The zero-order chi connectivity index (χ0) is 18.9. The van der Waals surface area contributed by atoms with E-state index < -0.39 is 0 Å². The van der Waals surface area contributed by atoms with E-state index in [2.05, 4.69) is 32.8 Å². The van der Waals surface area contributed by atoms with Gasteiger partial charge in [0.25, 0.3) is 5.91 Å². The molecule has 5 heteroatoms. The Morgan fingerprint density at radius 2 is 1.73 bits per heavy atom. The van der Waals surface area contributed by atoms with E-state index in [4.69, 9.17) is 0 Å². The highest BCUT2D eigenvalue weighted by Crippen LogP contribution is 2.43. The van der Waals surface area contributed by atoms with Crippen molar-refractivity contribution in [2.45, 2.75) is 20.3 Å². The maximum absolute atomic E-state index is 12.9. The number of amides is 2. The van der Waals surface area contributed by atoms with E-state index in [1.54, 1.807) is 0 Å². The second kappa shape index (κ2) is 7.39. The minimum Gasteiger partial charge on any atom is -0.342 e. The number of nitrogens with zero attached hydrogens (tertiary/aromatic N) is 3. The first-order valence-corrected chi connectivity index (χ1v) is 9.57. The zero-order valence-corrected chi connectivity index (χ0v) is 16.4. The van der Waals surface area contributed by atoms with Crippen molar-refractivity contribution in [1.82, 2.24) is 14.7 Å². The second-order valence-electron chi connectivity index (χ2n) is 8.72. The standard InChI is InChI=1S/C21H31N3O2/c1-16(2)10-19(25)23-11-18-12-24(15-21(18,14-23)13-22(3)4)20(26)17-8-6-5-7-9-17/h5-9,16,18H,10-15H2,1-4H3/t18-,21+/m0/s1. The molecule has 0 saturated carbocycles. The zero-order valence-electron chi connectivity index (χ0n) is 16.4. The van der Waals surface area contributed by atoms with Crippen LogP contribution in [0.25, 0.3) is 0 Å². The Labute approximate surface area is 156 Å². The molecular weight excluding hydrogens is 326 g/mol. The predicted octanol–water partition coefficient (Wildman–Crippen LogP) is 2.19. The quantitative estimate of drug-likeness (QED) is 0.811. The molecule has 2 heterocycles. The van der Waals surface area contributed by atoms with Crippen LogP contribution in [0.4, 0.5) is 0 Å². The summed E-state index contributed by atoms with van der Waals surface area (Å²) in [7, 11) is 4.15. The van der Waals surface area contributed by atoms with Crippen molar-refractivity contribution >= 4 is 11.8 Å². The maximum Gasteiger partial charge on any atom is 0.253 e. The Morgan fingerprint density at radius 3 is 2.35 bits per heavy atom. The largest absolute Gasteiger partial charge is 0.342 e. The second-order valence-corrected chi connectivity index (χ2v) is 8.72. The molecule has 5 nitrogen and oxygen atoms in total. The summed E-state index contributed by atoms with van der Waals surface area (Å²) in [5, 5.41) is 0. The van der Waals surface area contributed by atoms with Gasteiger partial charge < -0.3 is 14.7 Å². The molecule has 0 N–H and O–H groups in total. The van der Waals surface area contributed by atoms with Gasteiger partial charge in [0.05, 0.1) is 0 Å². The minimum absolute atomic E-state index is 0.0133. The lowest BCUT2D eigenvalue weighted by Crippen LogP contribution is -2.43. The first-order valence-electron chi connectivity index (χ1n) is 9.57. The summed E-state index contributed by atoms with van der Waals surface area (Å²) in [6.45, 7) is 8.09. The van der Waals surface area contributed by atoms with Crippen LogP contribution in [0.15, 0.2) is 30.3 Å². The molecule has 1 aromatic carbocycles. The number of likely N-dealkylation sites (tertiary alicyclic amines) is 2. The fourth-order valence-corrected chi connectivity index (χ4v) is 4.62. The van der Waals surface area contributed by atoms with Crippen molar-refractivity contribution in [3.05, 3.63) is 35.9 Å². The van der Waals surface area contributed by atoms with Crippen molar-refractivity contribution < 1.29 is 9.59 Å². The summed E-state index contributed by atoms with van der Waals surface area (Å²) < 4.78 is 0. The van der Waals surface area contributed by atoms with Gasteiger partial charge in [-0.15, -0.1) is 0 Å². The van der Waals surface area contributed by atoms with Crippen molar-refractivity contribution in [3.8, 4) is 0 Å². The van der Waals surface area contributed by atoms with Gasteiger partial charge in [-0.3, -0.25) is 9.59 Å². The Morgan fingerprint density at radius 1 is 1.12 bits per heavy atom.